The Kier molecular flexibility index (Phi) is 7.00. The van der Waals surface area contributed by atoms with Gasteiger partial charge in [0.15, 0.2) is 6.10 Å². The molecule has 6 heteroatoms. The van der Waals surface area contributed by atoms with Gasteiger partial charge in [0.25, 0.3) is 0 Å². The van der Waals surface area contributed by atoms with Crippen molar-refractivity contribution in [2.75, 3.05) is 6.54 Å². The van der Waals surface area contributed by atoms with Crippen LogP contribution in [0, 0.1) is 12.7 Å². The summed E-state index contributed by atoms with van der Waals surface area (Å²) in [6.07, 6.45) is -0.278. The smallest absolute Gasteiger partial charge is 0.337 e. The molecule has 0 radical (unpaired) electrons. The molecule has 1 saturated heterocycles. The van der Waals surface area contributed by atoms with Crippen molar-refractivity contribution in [3.05, 3.63) is 71.0 Å². The van der Waals surface area contributed by atoms with Crippen LogP contribution in [-0.2, 0) is 9.59 Å². The number of halogens is 1. The number of aliphatic hydroxyl groups is 1. The molecule has 0 spiro atoms. The van der Waals surface area contributed by atoms with Crippen molar-refractivity contribution in [2.45, 2.75) is 31.9 Å². The second-order valence-electron chi connectivity index (χ2n) is 6.15. The van der Waals surface area contributed by atoms with Gasteiger partial charge in [-0.2, -0.15) is 0 Å². The minimum Gasteiger partial charge on any atom is -0.479 e. The molecule has 0 bridgehead atoms. The molecular weight excluding hydrogens is 337 g/mol. The average molecular weight is 359 g/mol. The summed E-state index contributed by atoms with van der Waals surface area (Å²) in [4.78, 5) is 21.6. The Hall–Kier alpha value is -2.57. The lowest BCUT2D eigenvalue weighted by molar-refractivity contribution is -0.147. The van der Waals surface area contributed by atoms with Crippen molar-refractivity contribution in [3.63, 3.8) is 0 Å². The predicted molar refractivity (Wildman–Crippen MR) is 95.2 cm³/mol. The standard InChI is InChI=1S/C12H14FNO.C8H8O3/c1-8-6-9(13)2-3-11(8)12-7-10(15)4-5-14-12;9-7(8(10)11)6-4-2-1-3-5-6/h2-3,6,12,14H,4-5,7H2,1H3;1-5,7,9H,(H,10,11). The lowest BCUT2D eigenvalue weighted by atomic mass is 9.93. The van der Waals surface area contributed by atoms with Crippen LogP contribution in [0.2, 0.25) is 0 Å². The molecular formula is C20H22FNO4. The van der Waals surface area contributed by atoms with Crippen molar-refractivity contribution < 1.29 is 24.2 Å². The van der Waals surface area contributed by atoms with E-state index in [9.17, 15) is 14.0 Å². The number of aliphatic hydroxyl groups excluding tert-OH is 1. The van der Waals surface area contributed by atoms with Gasteiger partial charge in [0, 0.05) is 25.4 Å². The van der Waals surface area contributed by atoms with Crippen molar-refractivity contribution in [3.8, 4) is 0 Å². The number of carbonyl (C=O) groups is 2. The van der Waals surface area contributed by atoms with Crippen LogP contribution >= 0.6 is 0 Å². The van der Waals surface area contributed by atoms with Crippen LogP contribution in [0.5, 0.6) is 0 Å². The molecule has 2 atom stereocenters. The summed E-state index contributed by atoms with van der Waals surface area (Å²) in [5.41, 5.74) is 2.34. The summed E-state index contributed by atoms with van der Waals surface area (Å²) in [5, 5.41) is 20.7. The molecule has 3 N–H and O–H groups in total. The molecule has 0 aromatic heterocycles. The highest BCUT2D eigenvalue weighted by atomic mass is 19.1. The van der Waals surface area contributed by atoms with Gasteiger partial charge in [0.05, 0.1) is 0 Å². The van der Waals surface area contributed by atoms with Crippen LogP contribution in [-0.4, -0.2) is 28.5 Å². The van der Waals surface area contributed by atoms with E-state index >= 15 is 0 Å². The largest absolute Gasteiger partial charge is 0.479 e. The Labute approximate surface area is 151 Å². The zero-order valence-corrected chi connectivity index (χ0v) is 14.5. The highest BCUT2D eigenvalue weighted by molar-refractivity contribution is 5.80. The summed E-state index contributed by atoms with van der Waals surface area (Å²) in [7, 11) is 0. The Morgan fingerprint density at radius 3 is 2.50 bits per heavy atom. The molecule has 1 aliphatic rings. The van der Waals surface area contributed by atoms with E-state index in [0.29, 0.717) is 18.4 Å². The normalized spacial score (nSPS) is 17.8. The number of benzene rings is 2. The van der Waals surface area contributed by atoms with Crippen molar-refractivity contribution in [2.24, 2.45) is 0 Å². The minimum absolute atomic E-state index is 0.0619. The number of nitrogens with one attached hydrogen (secondary N) is 1. The SMILES string of the molecule is Cc1cc(F)ccc1C1CC(=O)CCN1.O=C(O)C(O)c1ccccc1. The average Bonchev–Trinajstić information content (AvgIpc) is 2.62. The number of ketones is 1. The summed E-state index contributed by atoms with van der Waals surface area (Å²) in [6, 6.07) is 13.0. The summed E-state index contributed by atoms with van der Waals surface area (Å²) in [6.45, 7) is 2.60. The number of piperidine rings is 1. The van der Waals surface area contributed by atoms with E-state index in [2.05, 4.69) is 5.32 Å². The van der Waals surface area contributed by atoms with Gasteiger partial charge in [-0.1, -0.05) is 36.4 Å². The van der Waals surface area contributed by atoms with Crippen molar-refractivity contribution in [1.29, 1.82) is 0 Å². The second kappa shape index (κ2) is 9.22. The highest BCUT2D eigenvalue weighted by Crippen LogP contribution is 2.24. The minimum atomic E-state index is -1.41. The maximum Gasteiger partial charge on any atom is 0.337 e. The first-order valence-corrected chi connectivity index (χ1v) is 8.35. The number of carboxylic acids is 1. The van der Waals surface area contributed by atoms with Gasteiger partial charge in [-0.3, -0.25) is 4.79 Å². The van der Waals surface area contributed by atoms with Gasteiger partial charge < -0.3 is 15.5 Å². The van der Waals surface area contributed by atoms with Crippen LogP contribution in [0.15, 0.2) is 48.5 Å². The number of rotatable bonds is 3. The fourth-order valence-electron chi connectivity index (χ4n) is 2.82. The number of Topliss-reactive ketones (excluding diaryl/α,β-unsaturated/α-hetero) is 1. The topological polar surface area (TPSA) is 86.6 Å². The first-order valence-electron chi connectivity index (χ1n) is 8.35. The molecule has 0 saturated carbocycles. The highest BCUT2D eigenvalue weighted by Gasteiger charge is 2.21. The molecule has 2 unspecified atom stereocenters. The molecule has 26 heavy (non-hydrogen) atoms. The van der Waals surface area contributed by atoms with Gasteiger partial charge in [0.1, 0.15) is 11.6 Å². The number of carboxylic acid groups (broad SMARTS) is 1. The molecule has 1 aliphatic heterocycles. The van der Waals surface area contributed by atoms with Gasteiger partial charge in [-0.25, -0.2) is 9.18 Å². The van der Waals surface area contributed by atoms with Gasteiger partial charge in [0.2, 0.25) is 0 Å². The van der Waals surface area contributed by atoms with E-state index in [1.165, 1.54) is 12.1 Å². The van der Waals surface area contributed by atoms with Gasteiger partial charge >= 0.3 is 5.97 Å². The maximum absolute atomic E-state index is 12.9. The van der Waals surface area contributed by atoms with Gasteiger partial charge in [-0.05, 0) is 35.7 Å². The third-order valence-corrected chi connectivity index (χ3v) is 4.18. The molecule has 138 valence electrons. The van der Waals surface area contributed by atoms with E-state index < -0.39 is 12.1 Å². The van der Waals surface area contributed by atoms with E-state index in [1.54, 1.807) is 36.4 Å². The summed E-state index contributed by atoms with van der Waals surface area (Å²) < 4.78 is 12.9. The number of aliphatic carboxylic acids is 1. The Morgan fingerprint density at radius 1 is 1.23 bits per heavy atom. The van der Waals surface area contributed by atoms with Crippen LogP contribution < -0.4 is 5.32 Å². The third kappa shape index (κ3) is 5.47. The Morgan fingerprint density at radius 2 is 1.92 bits per heavy atom. The zero-order valence-electron chi connectivity index (χ0n) is 14.5. The van der Waals surface area contributed by atoms with Crippen molar-refractivity contribution >= 4 is 11.8 Å². The zero-order chi connectivity index (χ0) is 19.1. The number of aryl methyl sites for hydroxylation is 1. The first-order chi connectivity index (χ1) is 12.4. The lowest BCUT2D eigenvalue weighted by Crippen LogP contribution is -2.32. The van der Waals surface area contributed by atoms with E-state index in [0.717, 1.165) is 17.7 Å². The number of hydrogen-bond donors (Lipinski definition) is 3. The second-order valence-corrected chi connectivity index (χ2v) is 6.15. The summed E-state index contributed by atoms with van der Waals surface area (Å²) >= 11 is 0. The molecule has 3 rings (SSSR count). The molecule has 0 aliphatic carbocycles. The van der Waals surface area contributed by atoms with E-state index in [1.807, 2.05) is 6.92 Å². The molecule has 2 aromatic rings. The van der Waals surface area contributed by atoms with Crippen LogP contribution in [0.25, 0.3) is 0 Å². The number of hydrogen-bond acceptors (Lipinski definition) is 4. The van der Waals surface area contributed by atoms with E-state index in [4.69, 9.17) is 10.2 Å². The predicted octanol–water partition coefficient (Wildman–Crippen LogP) is 2.93. The lowest BCUT2D eigenvalue weighted by Gasteiger charge is -2.24. The van der Waals surface area contributed by atoms with Crippen LogP contribution in [0.4, 0.5) is 4.39 Å². The molecule has 0 amide bonds. The van der Waals surface area contributed by atoms with Crippen LogP contribution in [0.3, 0.4) is 0 Å². The molecule has 5 nitrogen and oxygen atoms in total. The quantitative estimate of drug-likeness (QED) is 0.784. The molecule has 1 heterocycles. The monoisotopic (exact) mass is 359 g/mol. The fourth-order valence-corrected chi connectivity index (χ4v) is 2.82. The Bertz CT molecular complexity index is 764. The Balaban J connectivity index is 0.000000197. The third-order valence-electron chi connectivity index (χ3n) is 4.18. The van der Waals surface area contributed by atoms with Gasteiger partial charge in [-0.15, -0.1) is 0 Å². The van der Waals surface area contributed by atoms with E-state index in [-0.39, 0.29) is 17.6 Å². The fraction of sp³-hybridized carbons (Fsp3) is 0.300. The maximum atomic E-state index is 12.9. The van der Waals surface area contributed by atoms with Crippen molar-refractivity contribution in [1.82, 2.24) is 5.32 Å². The molecule has 1 fully saturated rings. The van der Waals surface area contributed by atoms with Crippen LogP contribution in [0.1, 0.15) is 41.7 Å². The first kappa shape index (κ1) is 19.8. The summed E-state index contributed by atoms with van der Waals surface area (Å²) in [5.74, 6) is -1.17. The number of carbonyl (C=O) groups excluding carboxylic acids is 1. The molecule has 2 aromatic carbocycles.